The summed E-state index contributed by atoms with van der Waals surface area (Å²) in [6, 6.07) is 6.67. The molecule has 0 spiro atoms. The Morgan fingerprint density at radius 2 is 2.16 bits per heavy atom. The molecule has 0 saturated heterocycles. The first-order valence-electron chi connectivity index (χ1n) is 9.84. The molecule has 0 aliphatic heterocycles. The predicted molar refractivity (Wildman–Crippen MR) is 122 cm³/mol. The fourth-order valence-electron chi connectivity index (χ4n) is 3.72. The number of allylic oxidation sites excluding steroid dienone is 1. The summed E-state index contributed by atoms with van der Waals surface area (Å²) in [6.45, 7) is 4.11. The summed E-state index contributed by atoms with van der Waals surface area (Å²) in [5.74, 6) is -0.742. The Bertz CT molecular complexity index is 1250. The van der Waals surface area contributed by atoms with Gasteiger partial charge in [-0.2, -0.15) is 4.57 Å². The lowest BCUT2D eigenvalue weighted by Gasteiger charge is -2.09. The van der Waals surface area contributed by atoms with Crippen LogP contribution in [0.5, 0.6) is 0 Å². The molecule has 0 fully saturated rings. The highest BCUT2D eigenvalue weighted by atomic mass is 32.2. The fraction of sp³-hybridized carbons (Fsp3) is 0.273. The van der Waals surface area contributed by atoms with Gasteiger partial charge in [-0.3, -0.25) is 4.79 Å². The second kappa shape index (κ2) is 9.07. The van der Waals surface area contributed by atoms with Crippen LogP contribution < -0.4 is 15.9 Å². The number of thiophene rings is 1. The number of carbonyl (C=O) groups excluding carboxylic acids is 2. The minimum Gasteiger partial charge on any atom is -0.465 e. The number of benzene rings is 1. The Morgan fingerprint density at radius 3 is 2.94 bits per heavy atom. The van der Waals surface area contributed by atoms with E-state index in [4.69, 9.17) is 4.74 Å². The number of aromatic nitrogens is 2. The number of hydrogen-bond acceptors (Lipinski definition) is 6. The van der Waals surface area contributed by atoms with Gasteiger partial charge in [0.1, 0.15) is 11.9 Å². The number of rotatable bonds is 7. The number of fused-ring (bicyclic) bond motifs is 3. The number of methoxy groups -OCH3 is 1. The topological polar surface area (TPSA) is 91.5 Å². The Kier molecular flexibility index (Phi) is 6.24. The number of anilines is 1. The molecular weight excluding hydrogens is 434 g/mol. The van der Waals surface area contributed by atoms with Crippen molar-refractivity contribution in [1.82, 2.24) is 4.57 Å². The number of nitrogens with one attached hydrogen (secondary N) is 2. The summed E-state index contributed by atoms with van der Waals surface area (Å²) in [7, 11) is 1.29. The molecule has 1 aromatic carbocycles. The number of hydrogen-bond donors (Lipinski definition) is 1. The molecule has 1 amide bonds. The van der Waals surface area contributed by atoms with Crippen molar-refractivity contribution in [2.75, 3.05) is 18.2 Å². The maximum Gasteiger partial charge on any atom is 0.347 e. The molecule has 1 aliphatic rings. The Morgan fingerprint density at radius 1 is 1.35 bits per heavy atom. The molecule has 2 N–H and O–H groups in total. The van der Waals surface area contributed by atoms with Crippen LogP contribution in [0.4, 0.5) is 5.69 Å². The number of aryl methyl sites for hydroxylation is 2. The molecule has 31 heavy (non-hydrogen) atoms. The minimum atomic E-state index is -0.520. The number of ether oxygens (including phenoxy) is 1. The molecule has 4 rings (SSSR count). The van der Waals surface area contributed by atoms with Crippen molar-refractivity contribution >= 4 is 50.9 Å². The predicted octanol–water partition coefficient (Wildman–Crippen LogP) is 3.07. The summed E-state index contributed by atoms with van der Waals surface area (Å²) in [6.07, 6.45) is 4.70. The average Bonchev–Trinajstić information content (AvgIpc) is 3.35. The van der Waals surface area contributed by atoms with Crippen molar-refractivity contribution in [1.29, 1.82) is 0 Å². The smallest absolute Gasteiger partial charge is 0.347 e. The van der Waals surface area contributed by atoms with E-state index >= 15 is 0 Å². The zero-order valence-corrected chi connectivity index (χ0v) is 18.7. The Labute approximate surface area is 187 Å². The lowest BCUT2D eigenvalue weighted by Crippen LogP contribution is -2.30. The lowest BCUT2D eigenvalue weighted by molar-refractivity contribution is -0.404. The van der Waals surface area contributed by atoms with Gasteiger partial charge in [-0.05, 0) is 48.7 Å². The van der Waals surface area contributed by atoms with Crippen LogP contribution in [0.15, 0.2) is 46.9 Å². The molecule has 2 aromatic heterocycles. The van der Waals surface area contributed by atoms with E-state index in [0.717, 1.165) is 35.0 Å². The van der Waals surface area contributed by atoms with Crippen LogP contribution in [0.1, 0.15) is 27.2 Å². The molecule has 2 heterocycles. The van der Waals surface area contributed by atoms with Crippen molar-refractivity contribution in [2.24, 2.45) is 0 Å². The third kappa shape index (κ3) is 4.15. The molecule has 9 heteroatoms. The third-order valence-corrected chi connectivity index (χ3v) is 7.31. The highest BCUT2D eigenvalue weighted by Crippen LogP contribution is 2.34. The molecule has 0 bridgehead atoms. The first kappa shape index (κ1) is 21.3. The van der Waals surface area contributed by atoms with E-state index in [1.807, 2.05) is 0 Å². The number of nitrogens with zero attached hydrogens (tertiary/aromatic N) is 1. The second-order valence-electron chi connectivity index (χ2n) is 7.07. The van der Waals surface area contributed by atoms with Gasteiger partial charge in [0.25, 0.3) is 0 Å². The molecule has 0 unspecified atom stereocenters. The van der Waals surface area contributed by atoms with Crippen LogP contribution in [0.25, 0.3) is 10.2 Å². The molecular formula is C22H22N3O4S2+. The van der Waals surface area contributed by atoms with Crippen LogP contribution in [0.3, 0.4) is 0 Å². The average molecular weight is 457 g/mol. The third-order valence-electron chi connectivity index (χ3n) is 5.10. The van der Waals surface area contributed by atoms with Crippen LogP contribution in [0, 0.1) is 0 Å². The van der Waals surface area contributed by atoms with Crippen LogP contribution >= 0.6 is 23.1 Å². The maximum atomic E-state index is 13.2. The van der Waals surface area contributed by atoms with E-state index in [1.165, 1.54) is 23.7 Å². The van der Waals surface area contributed by atoms with Gasteiger partial charge >= 0.3 is 16.7 Å². The van der Waals surface area contributed by atoms with Crippen molar-refractivity contribution in [3.05, 3.63) is 63.3 Å². The van der Waals surface area contributed by atoms with Gasteiger partial charge in [0.05, 0.1) is 24.1 Å². The second-order valence-corrected chi connectivity index (χ2v) is 9.14. The summed E-state index contributed by atoms with van der Waals surface area (Å²) in [5.41, 5.74) is 1.78. The van der Waals surface area contributed by atoms with Gasteiger partial charge in [-0.15, -0.1) is 0 Å². The molecule has 0 atom stereocenters. The number of esters is 1. The SMILES string of the molecule is C=CCn1c(SCC(=O)Nc2ccccc2C(=O)OC)[nH+]c2sc3c(c2c1=O)CCC3. The zero-order valence-electron chi connectivity index (χ0n) is 17.0. The summed E-state index contributed by atoms with van der Waals surface area (Å²) in [5, 5.41) is 4.12. The van der Waals surface area contributed by atoms with Gasteiger partial charge in [-0.1, -0.05) is 36.1 Å². The monoisotopic (exact) mass is 456 g/mol. The van der Waals surface area contributed by atoms with E-state index in [2.05, 4.69) is 16.9 Å². The number of thioether (sulfide) groups is 1. The van der Waals surface area contributed by atoms with Gasteiger partial charge < -0.3 is 10.1 Å². The maximum absolute atomic E-state index is 13.2. The van der Waals surface area contributed by atoms with Gasteiger partial charge in [0.2, 0.25) is 5.91 Å². The van der Waals surface area contributed by atoms with Gasteiger partial charge in [-0.25, -0.2) is 14.6 Å². The fourth-order valence-corrected chi connectivity index (χ4v) is 5.89. The van der Waals surface area contributed by atoms with E-state index in [1.54, 1.807) is 46.2 Å². The normalized spacial score (nSPS) is 12.5. The molecule has 160 valence electrons. The largest absolute Gasteiger partial charge is 0.465 e. The van der Waals surface area contributed by atoms with Crippen molar-refractivity contribution in [2.45, 2.75) is 31.0 Å². The van der Waals surface area contributed by atoms with Crippen LogP contribution in [0.2, 0.25) is 0 Å². The Hall–Kier alpha value is -2.91. The van der Waals surface area contributed by atoms with Crippen molar-refractivity contribution < 1.29 is 19.3 Å². The first-order chi connectivity index (χ1) is 15.0. The number of carbonyl (C=O) groups is 2. The first-order valence-corrected chi connectivity index (χ1v) is 11.6. The van der Waals surface area contributed by atoms with Crippen LogP contribution in [-0.4, -0.2) is 29.3 Å². The highest BCUT2D eigenvalue weighted by molar-refractivity contribution is 7.99. The number of para-hydroxylation sites is 1. The van der Waals surface area contributed by atoms with Crippen LogP contribution in [-0.2, 0) is 28.9 Å². The number of amides is 1. The summed E-state index contributed by atoms with van der Waals surface area (Å²) >= 11 is 2.87. The molecule has 0 saturated carbocycles. The van der Waals surface area contributed by atoms with E-state index in [9.17, 15) is 14.4 Å². The quantitative estimate of drug-likeness (QED) is 0.255. The van der Waals surface area contributed by atoms with Crippen molar-refractivity contribution in [3.8, 4) is 0 Å². The lowest BCUT2D eigenvalue weighted by atomic mass is 10.2. The van der Waals surface area contributed by atoms with Gasteiger partial charge in [0, 0.05) is 4.88 Å². The zero-order chi connectivity index (χ0) is 22.0. The van der Waals surface area contributed by atoms with E-state index < -0.39 is 5.97 Å². The number of aromatic amines is 1. The molecule has 1 aliphatic carbocycles. The molecule has 3 aromatic rings. The minimum absolute atomic E-state index is 0.0491. The van der Waals surface area contributed by atoms with Crippen molar-refractivity contribution in [3.63, 3.8) is 0 Å². The van der Waals surface area contributed by atoms with E-state index in [-0.39, 0.29) is 22.8 Å². The summed E-state index contributed by atoms with van der Waals surface area (Å²) in [4.78, 5) is 43.1. The number of H-pyrrole nitrogens is 1. The molecule has 7 nitrogen and oxygen atoms in total. The molecule has 0 radical (unpaired) electrons. The summed E-state index contributed by atoms with van der Waals surface area (Å²) < 4.78 is 6.39. The Balaban J connectivity index is 1.57. The highest BCUT2D eigenvalue weighted by Gasteiger charge is 2.27. The van der Waals surface area contributed by atoms with E-state index in [0.29, 0.717) is 17.4 Å². The van der Waals surface area contributed by atoms with Gasteiger partial charge in [0.15, 0.2) is 4.83 Å². The standard InChI is InChI=1S/C22H21N3O4S2/c1-3-11-25-20(27)18-14-8-6-10-16(14)31-19(18)24-22(25)30-12-17(26)23-15-9-5-4-7-13(15)21(28)29-2/h3-5,7,9H,1,6,8,10-12H2,2H3,(H,23,26)/p+1.